The first-order chi connectivity index (χ1) is 17.4. The first-order valence-corrected chi connectivity index (χ1v) is 11.7. The second-order valence-corrected chi connectivity index (χ2v) is 8.38. The summed E-state index contributed by atoms with van der Waals surface area (Å²) in [6.45, 7) is 4.29. The minimum absolute atomic E-state index is 0.0758. The van der Waals surface area contributed by atoms with Crippen LogP contribution in [0.4, 0.5) is 11.8 Å². The molecule has 0 aliphatic rings. The number of benzene rings is 2. The lowest BCUT2D eigenvalue weighted by Gasteiger charge is -2.15. The van der Waals surface area contributed by atoms with Crippen molar-refractivity contribution >= 4 is 34.7 Å². The van der Waals surface area contributed by atoms with Gasteiger partial charge in [-0.15, -0.1) is 0 Å². The number of nitrogens with two attached hydrogens (primary N) is 1. The second kappa shape index (κ2) is 10.8. The average molecular weight is 484 g/mol. The highest BCUT2D eigenvalue weighted by Gasteiger charge is 2.14. The van der Waals surface area contributed by atoms with E-state index in [2.05, 4.69) is 20.6 Å². The van der Waals surface area contributed by atoms with Gasteiger partial charge < -0.3 is 16.4 Å². The maximum Gasteiger partial charge on any atom is 0.266 e. The van der Waals surface area contributed by atoms with E-state index in [1.165, 1.54) is 6.08 Å². The van der Waals surface area contributed by atoms with E-state index in [1.54, 1.807) is 17.7 Å². The summed E-state index contributed by atoms with van der Waals surface area (Å²) < 4.78 is 1.69. The molecule has 2 aromatic carbocycles. The van der Waals surface area contributed by atoms with Crippen LogP contribution in [-0.4, -0.2) is 39.0 Å². The van der Waals surface area contributed by atoms with Gasteiger partial charge in [-0.25, -0.2) is 9.97 Å². The van der Waals surface area contributed by atoms with Gasteiger partial charge in [0, 0.05) is 31.7 Å². The van der Waals surface area contributed by atoms with E-state index in [-0.39, 0.29) is 17.4 Å². The molecule has 2 heterocycles. The quantitative estimate of drug-likeness (QED) is 0.259. The van der Waals surface area contributed by atoms with Gasteiger partial charge in [0.2, 0.25) is 11.9 Å². The molecule has 4 rings (SSSR count). The smallest absolute Gasteiger partial charge is 0.266 e. The Morgan fingerprint density at radius 3 is 2.58 bits per heavy atom. The maximum atomic E-state index is 13.5. The molecule has 0 fully saturated rings. The Morgan fingerprint density at radius 2 is 1.83 bits per heavy atom. The fourth-order valence-electron chi connectivity index (χ4n) is 4.09. The van der Waals surface area contributed by atoms with E-state index in [0.29, 0.717) is 53.2 Å². The number of carbonyl (C=O) groups excluding carboxylic acids is 1. The van der Waals surface area contributed by atoms with E-state index in [0.717, 1.165) is 11.3 Å². The predicted molar refractivity (Wildman–Crippen MR) is 143 cm³/mol. The summed E-state index contributed by atoms with van der Waals surface area (Å²) in [5.74, 6) is 1.15. The first kappa shape index (κ1) is 24.6. The number of aromatic nitrogens is 4. The number of nitrogens with one attached hydrogen (secondary N) is 2. The van der Waals surface area contributed by atoms with Crippen molar-refractivity contribution in [1.29, 1.82) is 0 Å². The van der Waals surface area contributed by atoms with Gasteiger partial charge in [-0.1, -0.05) is 30.3 Å². The largest absolute Gasteiger partial charge is 0.369 e. The van der Waals surface area contributed by atoms with Crippen molar-refractivity contribution in [1.82, 2.24) is 24.8 Å². The Morgan fingerprint density at radius 1 is 1.06 bits per heavy atom. The SMILES string of the molecule is CNC(=O)/C=C/c1c(C)nc(N)nc1NCCCc1nc2cccc(C)c2c(=O)n1-c1ccccc1. The zero-order valence-corrected chi connectivity index (χ0v) is 20.6. The number of hydrogen-bond donors (Lipinski definition) is 3. The van der Waals surface area contributed by atoms with Crippen LogP contribution in [0.5, 0.6) is 0 Å². The monoisotopic (exact) mass is 483 g/mol. The normalized spacial score (nSPS) is 11.2. The molecule has 0 saturated carbocycles. The van der Waals surface area contributed by atoms with Gasteiger partial charge in [0.1, 0.15) is 11.6 Å². The molecule has 0 aliphatic heterocycles. The van der Waals surface area contributed by atoms with Crippen LogP contribution in [0.25, 0.3) is 22.7 Å². The number of aryl methyl sites for hydroxylation is 3. The van der Waals surface area contributed by atoms with Crippen LogP contribution in [0.3, 0.4) is 0 Å². The standard InChI is InChI=1S/C27H29N7O2/c1-17-9-7-12-21-24(17)26(36)34(19-10-5-4-6-11-19)22(32-21)13-8-16-30-25-20(14-15-23(35)29-3)18(2)31-27(28)33-25/h4-7,9-12,14-15H,8,13,16H2,1-3H3,(H,29,35)(H3,28,30,31,33)/b15-14+. The number of hydrogen-bond acceptors (Lipinski definition) is 7. The molecule has 9 nitrogen and oxygen atoms in total. The molecule has 0 spiro atoms. The van der Waals surface area contributed by atoms with Gasteiger partial charge in [-0.2, -0.15) is 4.98 Å². The molecule has 0 radical (unpaired) electrons. The van der Waals surface area contributed by atoms with E-state index >= 15 is 0 Å². The molecule has 36 heavy (non-hydrogen) atoms. The molecule has 9 heteroatoms. The summed E-state index contributed by atoms with van der Waals surface area (Å²) in [5.41, 5.74) is 9.50. The Kier molecular flexibility index (Phi) is 7.39. The van der Waals surface area contributed by atoms with Crippen molar-refractivity contribution in [2.24, 2.45) is 0 Å². The van der Waals surface area contributed by atoms with Crippen molar-refractivity contribution in [2.45, 2.75) is 26.7 Å². The van der Waals surface area contributed by atoms with Gasteiger partial charge in [-0.05, 0) is 50.1 Å². The first-order valence-electron chi connectivity index (χ1n) is 11.7. The highest BCUT2D eigenvalue weighted by Crippen LogP contribution is 2.20. The molecule has 2 aromatic heterocycles. The lowest BCUT2D eigenvalue weighted by atomic mass is 10.1. The minimum atomic E-state index is -0.228. The van der Waals surface area contributed by atoms with Crippen molar-refractivity contribution in [3.63, 3.8) is 0 Å². The van der Waals surface area contributed by atoms with Gasteiger partial charge in [0.15, 0.2) is 0 Å². The zero-order chi connectivity index (χ0) is 25.7. The van der Waals surface area contributed by atoms with Crippen molar-refractivity contribution in [2.75, 3.05) is 24.6 Å². The number of amides is 1. The fraction of sp³-hybridized carbons (Fsp3) is 0.222. The van der Waals surface area contributed by atoms with Crippen molar-refractivity contribution in [3.8, 4) is 5.69 Å². The number of fused-ring (bicyclic) bond motifs is 1. The summed E-state index contributed by atoms with van der Waals surface area (Å²) >= 11 is 0. The van der Waals surface area contributed by atoms with Crippen LogP contribution in [-0.2, 0) is 11.2 Å². The van der Waals surface area contributed by atoms with E-state index in [4.69, 9.17) is 10.7 Å². The second-order valence-electron chi connectivity index (χ2n) is 8.38. The van der Waals surface area contributed by atoms with Crippen LogP contribution in [0.1, 0.15) is 29.1 Å². The number of nitrogens with zero attached hydrogens (tertiary/aromatic N) is 4. The molecular formula is C27H29N7O2. The lowest BCUT2D eigenvalue weighted by Crippen LogP contribution is -2.25. The number of rotatable bonds is 8. The molecule has 0 bridgehead atoms. The molecule has 4 aromatic rings. The molecular weight excluding hydrogens is 454 g/mol. The van der Waals surface area contributed by atoms with E-state index in [9.17, 15) is 9.59 Å². The van der Waals surface area contributed by atoms with Crippen LogP contribution in [0.2, 0.25) is 0 Å². The number of anilines is 2. The summed E-state index contributed by atoms with van der Waals surface area (Å²) in [5, 5.41) is 6.47. The number of carbonyl (C=O) groups is 1. The number of likely N-dealkylation sites (N-methyl/N-ethyl adjacent to an activating group) is 1. The molecule has 1 amide bonds. The Hall–Kier alpha value is -4.53. The Bertz CT molecular complexity index is 1490. The molecule has 4 N–H and O–H groups in total. The van der Waals surface area contributed by atoms with Gasteiger partial charge in [0.05, 0.1) is 22.3 Å². The summed E-state index contributed by atoms with van der Waals surface area (Å²) in [6.07, 6.45) is 4.32. The van der Waals surface area contributed by atoms with E-state index in [1.807, 2.05) is 62.4 Å². The van der Waals surface area contributed by atoms with Crippen LogP contribution in [0, 0.1) is 13.8 Å². The Labute approximate surface area is 209 Å². The summed E-state index contributed by atoms with van der Waals surface area (Å²) in [7, 11) is 1.56. The highest BCUT2D eigenvalue weighted by molar-refractivity contribution is 5.92. The van der Waals surface area contributed by atoms with Crippen LogP contribution in [0.15, 0.2) is 59.4 Å². The molecule has 0 saturated heterocycles. The van der Waals surface area contributed by atoms with Gasteiger partial charge >= 0.3 is 0 Å². The third kappa shape index (κ3) is 5.25. The lowest BCUT2D eigenvalue weighted by molar-refractivity contribution is -0.115. The van der Waals surface area contributed by atoms with E-state index < -0.39 is 0 Å². The Balaban J connectivity index is 1.60. The zero-order valence-electron chi connectivity index (χ0n) is 20.6. The topological polar surface area (TPSA) is 128 Å². The third-order valence-electron chi connectivity index (χ3n) is 5.86. The number of para-hydroxylation sites is 1. The molecule has 184 valence electrons. The third-order valence-corrected chi connectivity index (χ3v) is 5.86. The van der Waals surface area contributed by atoms with Gasteiger partial charge in [0.25, 0.3) is 5.56 Å². The average Bonchev–Trinajstić information content (AvgIpc) is 2.86. The highest BCUT2D eigenvalue weighted by atomic mass is 16.1. The van der Waals surface area contributed by atoms with Crippen molar-refractivity contribution in [3.05, 3.63) is 87.6 Å². The molecule has 0 unspecified atom stereocenters. The number of nitrogen functional groups attached to an aromatic ring is 1. The van der Waals surface area contributed by atoms with Crippen LogP contribution < -0.4 is 21.9 Å². The predicted octanol–water partition coefficient (Wildman–Crippen LogP) is 3.18. The molecule has 0 aliphatic carbocycles. The minimum Gasteiger partial charge on any atom is -0.369 e. The van der Waals surface area contributed by atoms with Crippen molar-refractivity contribution < 1.29 is 4.79 Å². The summed E-state index contributed by atoms with van der Waals surface area (Å²) in [6, 6.07) is 15.3. The maximum absolute atomic E-state index is 13.5. The summed E-state index contributed by atoms with van der Waals surface area (Å²) in [4.78, 5) is 38.6. The van der Waals surface area contributed by atoms with Crippen LogP contribution >= 0.6 is 0 Å². The van der Waals surface area contributed by atoms with Gasteiger partial charge in [-0.3, -0.25) is 14.2 Å². The molecule has 0 atom stereocenters. The fourth-order valence-corrected chi connectivity index (χ4v) is 4.09.